The molecule has 17 heavy (non-hydrogen) atoms. The van der Waals surface area contributed by atoms with E-state index in [9.17, 15) is 4.79 Å². The molecule has 0 aromatic carbocycles. The van der Waals surface area contributed by atoms with Gasteiger partial charge in [-0.05, 0) is 37.3 Å². The molecule has 0 amide bonds. The molecular formula is C13H19NOS2. The second-order valence-corrected chi connectivity index (χ2v) is 6.68. The lowest BCUT2D eigenvalue weighted by Crippen LogP contribution is -2.31. The van der Waals surface area contributed by atoms with Crippen molar-refractivity contribution >= 4 is 28.9 Å². The van der Waals surface area contributed by atoms with Crippen LogP contribution in [0.1, 0.15) is 27.9 Å². The molecule has 0 spiro atoms. The van der Waals surface area contributed by atoms with Crippen molar-refractivity contribution in [1.29, 1.82) is 0 Å². The Morgan fingerprint density at radius 2 is 2.24 bits per heavy atom. The van der Waals surface area contributed by atoms with Gasteiger partial charge in [-0.3, -0.25) is 9.69 Å². The van der Waals surface area contributed by atoms with Gasteiger partial charge >= 0.3 is 0 Å². The maximum atomic E-state index is 12.1. The molecule has 0 radical (unpaired) electrons. The van der Waals surface area contributed by atoms with Gasteiger partial charge in [-0.1, -0.05) is 6.92 Å². The molecule has 94 valence electrons. The molecule has 1 aliphatic rings. The molecule has 0 unspecified atom stereocenters. The van der Waals surface area contributed by atoms with Crippen LogP contribution in [-0.2, 0) is 6.42 Å². The van der Waals surface area contributed by atoms with Crippen LogP contribution in [-0.4, -0.2) is 41.8 Å². The fourth-order valence-corrected chi connectivity index (χ4v) is 3.76. The third-order valence-corrected chi connectivity index (χ3v) is 5.29. The van der Waals surface area contributed by atoms with Gasteiger partial charge in [0.15, 0.2) is 5.78 Å². The van der Waals surface area contributed by atoms with Gasteiger partial charge in [-0.15, -0.1) is 11.3 Å². The van der Waals surface area contributed by atoms with Gasteiger partial charge in [0.1, 0.15) is 0 Å². The van der Waals surface area contributed by atoms with Crippen LogP contribution in [0, 0.1) is 0 Å². The van der Waals surface area contributed by atoms with E-state index < -0.39 is 0 Å². The first kappa shape index (κ1) is 13.1. The van der Waals surface area contributed by atoms with Crippen LogP contribution in [0.25, 0.3) is 0 Å². The summed E-state index contributed by atoms with van der Waals surface area (Å²) < 4.78 is 0. The van der Waals surface area contributed by atoms with Crippen LogP contribution in [0.3, 0.4) is 0 Å². The van der Waals surface area contributed by atoms with Gasteiger partial charge in [-0.25, -0.2) is 0 Å². The Labute approximate surface area is 111 Å². The highest BCUT2D eigenvalue weighted by molar-refractivity contribution is 7.99. The molecule has 0 saturated carbocycles. The van der Waals surface area contributed by atoms with E-state index in [1.54, 1.807) is 11.3 Å². The van der Waals surface area contributed by atoms with E-state index in [1.165, 1.54) is 17.1 Å². The molecule has 0 aliphatic carbocycles. The number of Topliss-reactive ketones (excluding diaryl/α,β-unsaturated/α-hetero) is 1. The lowest BCUT2D eigenvalue weighted by atomic mass is 10.2. The average Bonchev–Trinajstić information content (AvgIpc) is 2.68. The number of carbonyl (C=O) groups is 1. The van der Waals surface area contributed by atoms with E-state index in [4.69, 9.17) is 0 Å². The van der Waals surface area contributed by atoms with Gasteiger partial charge in [0.2, 0.25) is 0 Å². The van der Waals surface area contributed by atoms with Gasteiger partial charge in [0.25, 0.3) is 0 Å². The van der Waals surface area contributed by atoms with Crippen molar-refractivity contribution in [3.8, 4) is 0 Å². The first-order valence-electron chi connectivity index (χ1n) is 6.21. The molecule has 1 fully saturated rings. The third kappa shape index (κ3) is 3.83. The fraction of sp³-hybridized carbons (Fsp3) is 0.615. The number of carbonyl (C=O) groups excluding carboxylic acids is 1. The second kappa shape index (κ2) is 6.57. The zero-order valence-electron chi connectivity index (χ0n) is 10.3. The molecule has 0 bridgehead atoms. The first-order chi connectivity index (χ1) is 8.29. The molecule has 2 heterocycles. The van der Waals surface area contributed by atoms with Crippen molar-refractivity contribution in [3.63, 3.8) is 0 Å². The summed E-state index contributed by atoms with van der Waals surface area (Å²) in [5.41, 5.74) is 0. The van der Waals surface area contributed by atoms with Crippen LogP contribution in [0.5, 0.6) is 0 Å². The quantitative estimate of drug-likeness (QED) is 0.784. The highest BCUT2D eigenvalue weighted by Gasteiger charge is 2.15. The van der Waals surface area contributed by atoms with Gasteiger partial charge in [0.05, 0.1) is 11.4 Å². The molecule has 1 aromatic rings. The topological polar surface area (TPSA) is 20.3 Å². The van der Waals surface area contributed by atoms with Crippen molar-refractivity contribution < 1.29 is 4.79 Å². The monoisotopic (exact) mass is 269 g/mol. The van der Waals surface area contributed by atoms with E-state index in [2.05, 4.69) is 17.9 Å². The molecule has 0 atom stereocenters. The summed E-state index contributed by atoms with van der Waals surface area (Å²) in [6.07, 6.45) is 2.24. The molecular weight excluding hydrogens is 250 g/mol. The highest BCUT2D eigenvalue weighted by atomic mass is 32.2. The Balaban J connectivity index is 1.91. The van der Waals surface area contributed by atoms with Crippen LogP contribution in [0.2, 0.25) is 0 Å². The van der Waals surface area contributed by atoms with E-state index in [0.717, 1.165) is 30.1 Å². The highest BCUT2D eigenvalue weighted by Crippen LogP contribution is 2.18. The number of rotatable bonds is 4. The van der Waals surface area contributed by atoms with Crippen LogP contribution < -0.4 is 0 Å². The molecule has 1 aromatic heterocycles. The standard InChI is InChI=1S/C13H19NOS2/c1-2-11-4-5-13(17-11)12(15)10-14-6-3-8-16-9-7-14/h4-5H,2-3,6-10H2,1H3. The number of hydrogen-bond acceptors (Lipinski definition) is 4. The zero-order valence-corrected chi connectivity index (χ0v) is 11.9. The van der Waals surface area contributed by atoms with Crippen LogP contribution in [0.15, 0.2) is 12.1 Å². The minimum Gasteiger partial charge on any atom is -0.295 e. The van der Waals surface area contributed by atoms with Crippen molar-refractivity contribution in [3.05, 3.63) is 21.9 Å². The summed E-state index contributed by atoms with van der Waals surface area (Å²) in [5.74, 6) is 2.70. The lowest BCUT2D eigenvalue weighted by molar-refractivity contribution is 0.0940. The van der Waals surface area contributed by atoms with Crippen molar-refractivity contribution in [2.24, 2.45) is 0 Å². The maximum Gasteiger partial charge on any atom is 0.186 e. The Hall–Kier alpha value is -0.320. The van der Waals surface area contributed by atoms with Crippen LogP contribution in [0.4, 0.5) is 0 Å². The predicted octanol–water partition coefficient (Wildman–Crippen LogP) is 2.93. The number of thioether (sulfide) groups is 1. The van der Waals surface area contributed by atoms with E-state index in [-0.39, 0.29) is 0 Å². The normalized spacial score (nSPS) is 17.9. The summed E-state index contributed by atoms with van der Waals surface area (Å²) in [4.78, 5) is 16.7. The Morgan fingerprint density at radius 3 is 3.00 bits per heavy atom. The number of ketones is 1. The van der Waals surface area contributed by atoms with Gasteiger partial charge in [-0.2, -0.15) is 11.8 Å². The summed E-state index contributed by atoms with van der Waals surface area (Å²) in [6, 6.07) is 4.06. The van der Waals surface area contributed by atoms with Crippen molar-refractivity contribution in [1.82, 2.24) is 4.90 Å². The fourth-order valence-electron chi connectivity index (χ4n) is 1.95. The zero-order chi connectivity index (χ0) is 12.1. The average molecular weight is 269 g/mol. The number of nitrogens with zero attached hydrogens (tertiary/aromatic N) is 1. The van der Waals surface area contributed by atoms with Crippen molar-refractivity contribution in [2.45, 2.75) is 19.8 Å². The van der Waals surface area contributed by atoms with Crippen molar-refractivity contribution in [2.75, 3.05) is 31.1 Å². The van der Waals surface area contributed by atoms with E-state index >= 15 is 0 Å². The molecule has 1 saturated heterocycles. The predicted molar refractivity (Wildman–Crippen MR) is 76.4 cm³/mol. The third-order valence-electron chi connectivity index (χ3n) is 2.97. The van der Waals surface area contributed by atoms with Gasteiger partial charge in [0, 0.05) is 17.2 Å². The molecule has 4 heteroatoms. The summed E-state index contributed by atoms with van der Waals surface area (Å²) in [6.45, 7) is 4.86. The molecule has 2 rings (SSSR count). The number of hydrogen-bond donors (Lipinski definition) is 0. The lowest BCUT2D eigenvalue weighted by Gasteiger charge is -2.17. The van der Waals surface area contributed by atoms with E-state index in [1.807, 2.05) is 17.8 Å². The summed E-state index contributed by atoms with van der Waals surface area (Å²) in [7, 11) is 0. The number of thiophene rings is 1. The largest absolute Gasteiger partial charge is 0.295 e. The van der Waals surface area contributed by atoms with Gasteiger partial charge < -0.3 is 0 Å². The first-order valence-corrected chi connectivity index (χ1v) is 8.18. The Kier molecular flexibility index (Phi) is 5.07. The molecule has 1 aliphatic heterocycles. The van der Waals surface area contributed by atoms with E-state index in [0.29, 0.717) is 12.3 Å². The molecule has 2 nitrogen and oxygen atoms in total. The molecule has 0 N–H and O–H groups in total. The maximum absolute atomic E-state index is 12.1. The summed E-state index contributed by atoms with van der Waals surface area (Å²) >= 11 is 3.65. The Morgan fingerprint density at radius 1 is 1.35 bits per heavy atom. The Bertz CT molecular complexity index is 367. The smallest absolute Gasteiger partial charge is 0.186 e. The summed E-state index contributed by atoms with van der Waals surface area (Å²) in [5, 5.41) is 0. The second-order valence-electron chi connectivity index (χ2n) is 4.28. The minimum absolute atomic E-state index is 0.293. The minimum atomic E-state index is 0.293. The SMILES string of the molecule is CCc1ccc(C(=O)CN2CCCSCC2)s1. The van der Waals surface area contributed by atoms with Crippen LogP contribution >= 0.6 is 23.1 Å². The number of aryl methyl sites for hydroxylation is 1.